The molecule has 0 aromatic heterocycles. The lowest BCUT2D eigenvalue weighted by molar-refractivity contribution is -0.140. The summed E-state index contributed by atoms with van der Waals surface area (Å²) < 4.78 is 11.2. The van der Waals surface area contributed by atoms with Gasteiger partial charge in [-0.2, -0.15) is 0 Å². The molecular weight excluding hydrogens is 380 g/mol. The van der Waals surface area contributed by atoms with E-state index in [9.17, 15) is 9.59 Å². The van der Waals surface area contributed by atoms with Crippen molar-refractivity contribution >= 4 is 11.8 Å². The molecule has 1 aliphatic heterocycles. The third-order valence-corrected chi connectivity index (χ3v) is 5.03. The first-order valence-corrected chi connectivity index (χ1v) is 10.5. The molecule has 160 valence electrons. The summed E-state index contributed by atoms with van der Waals surface area (Å²) >= 11 is 0. The van der Waals surface area contributed by atoms with E-state index in [2.05, 4.69) is 5.32 Å². The van der Waals surface area contributed by atoms with Gasteiger partial charge < -0.3 is 19.7 Å². The molecular formula is C24H30N2O4. The Morgan fingerprint density at radius 3 is 2.37 bits per heavy atom. The zero-order valence-electron chi connectivity index (χ0n) is 17.9. The molecule has 0 spiro atoms. The molecule has 1 aliphatic rings. The molecule has 0 saturated carbocycles. The highest BCUT2D eigenvalue weighted by Gasteiger charge is 2.26. The Morgan fingerprint density at radius 1 is 0.967 bits per heavy atom. The largest absolute Gasteiger partial charge is 0.486 e. The minimum absolute atomic E-state index is 0.0198. The minimum Gasteiger partial charge on any atom is -0.486 e. The van der Waals surface area contributed by atoms with Crippen molar-refractivity contribution in [3.8, 4) is 11.5 Å². The fraction of sp³-hybridized carbons (Fsp3) is 0.417. The van der Waals surface area contributed by atoms with Gasteiger partial charge in [-0.3, -0.25) is 9.59 Å². The molecule has 0 radical (unpaired) electrons. The normalized spacial score (nSPS) is 13.6. The summed E-state index contributed by atoms with van der Waals surface area (Å²) in [6.07, 6.45) is 0.880. The van der Waals surface area contributed by atoms with Crippen molar-refractivity contribution in [2.75, 3.05) is 13.2 Å². The van der Waals surface area contributed by atoms with E-state index in [0.29, 0.717) is 32.6 Å². The number of nitrogens with zero attached hydrogens (tertiary/aromatic N) is 1. The number of hydrogen-bond acceptors (Lipinski definition) is 4. The van der Waals surface area contributed by atoms with Crippen LogP contribution in [0.2, 0.25) is 0 Å². The monoisotopic (exact) mass is 410 g/mol. The van der Waals surface area contributed by atoms with E-state index in [0.717, 1.165) is 22.6 Å². The maximum absolute atomic E-state index is 13.1. The number of rotatable bonds is 8. The lowest BCUT2D eigenvalue weighted by Crippen LogP contribution is -2.49. The molecule has 0 saturated heterocycles. The average Bonchev–Trinajstić information content (AvgIpc) is 2.75. The fourth-order valence-electron chi connectivity index (χ4n) is 3.41. The van der Waals surface area contributed by atoms with Gasteiger partial charge in [-0.1, -0.05) is 36.4 Å². The van der Waals surface area contributed by atoms with E-state index in [1.54, 1.807) is 11.8 Å². The Kier molecular flexibility index (Phi) is 7.33. The van der Waals surface area contributed by atoms with Crippen LogP contribution in [0.5, 0.6) is 11.5 Å². The fourth-order valence-corrected chi connectivity index (χ4v) is 3.41. The van der Waals surface area contributed by atoms with Crippen molar-refractivity contribution in [3.63, 3.8) is 0 Å². The third-order valence-electron chi connectivity index (χ3n) is 5.03. The van der Waals surface area contributed by atoms with Gasteiger partial charge in [0.25, 0.3) is 0 Å². The molecule has 2 aromatic carbocycles. The van der Waals surface area contributed by atoms with Gasteiger partial charge in [0, 0.05) is 19.0 Å². The van der Waals surface area contributed by atoms with Crippen LogP contribution in [0.1, 0.15) is 38.3 Å². The maximum atomic E-state index is 13.1. The van der Waals surface area contributed by atoms with Crippen molar-refractivity contribution in [2.45, 2.75) is 52.2 Å². The molecule has 0 fully saturated rings. The molecule has 1 atom stereocenters. The second kappa shape index (κ2) is 10.1. The molecule has 1 heterocycles. The predicted octanol–water partition coefficient (Wildman–Crippen LogP) is 3.33. The molecule has 3 rings (SSSR count). The van der Waals surface area contributed by atoms with E-state index >= 15 is 0 Å². The van der Waals surface area contributed by atoms with Crippen LogP contribution in [0.15, 0.2) is 48.5 Å². The van der Waals surface area contributed by atoms with Crippen LogP contribution in [-0.2, 0) is 22.6 Å². The number of benzene rings is 2. The molecule has 6 nitrogen and oxygen atoms in total. The first-order valence-electron chi connectivity index (χ1n) is 10.5. The van der Waals surface area contributed by atoms with Gasteiger partial charge in [-0.15, -0.1) is 0 Å². The van der Waals surface area contributed by atoms with Crippen molar-refractivity contribution in [3.05, 3.63) is 59.7 Å². The van der Waals surface area contributed by atoms with Crippen LogP contribution < -0.4 is 14.8 Å². The minimum atomic E-state index is -0.555. The average molecular weight is 411 g/mol. The molecule has 1 unspecified atom stereocenters. The van der Waals surface area contributed by atoms with Gasteiger partial charge in [0.15, 0.2) is 11.5 Å². The van der Waals surface area contributed by atoms with Crippen molar-refractivity contribution in [1.82, 2.24) is 10.2 Å². The van der Waals surface area contributed by atoms with E-state index in [-0.39, 0.29) is 17.9 Å². The van der Waals surface area contributed by atoms with Gasteiger partial charge >= 0.3 is 0 Å². The second-order valence-electron chi connectivity index (χ2n) is 7.82. The first kappa shape index (κ1) is 21.7. The van der Waals surface area contributed by atoms with Crippen molar-refractivity contribution in [2.24, 2.45) is 0 Å². The summed E-state index contributed by atoms with van der Waals surface area (Å²) in [4.78, 5) is 27.4. The summed E-state index contributed by atoms with van der Waals surface area (Å²) in [6, 6.07) is 15.0. The number of amides is 2. The molecule has 0 aliphatic carbocycles. The zero-order valence-corrected chi connectivity index (χ0v) is 17.9. The Balaban J connectivity index is 1.70. The van der Waals surface area contributed by atoms with Crippen LogP contribution >= 0.6 is 0 Å². The van der Waals surface area contributed by atoms with Crippen molar-refractivity contribution < 1.29 is 19.1 Å². The maximum Gasteiger partial charge on any atom is 0.242 e. The van der Waals surface area contributed by atoms with Crippen LogP contribution in [0.4, 0.5) is 0 Å². The summed E-state index contributed by atoms with van der Waals surface area (Å²) in [6.45, 7) is 7.08. The number of aryl methyl sites for hydroxylation is 1. The quantitative estimate of drug-likeness (QED) is 0.725. The summed E-state index contributed by atoms with van der Waals surface area (Å²) in [7, 11) is 0. The van der Waals surface area contributed by atoms with Gasteiger partial charge in [0.05, 0.1) is 0 Å². The van der Waals surface area contributed by atoms with Crippen molar-refractivity contribution in [1.29, 1.82) is 0 Å². The third kappa shape index (κ3) is 5.75. The van der Waals surface area contributed by atoms with Crippen LogP contribution in [-0.4, -0.2) is 42.0 Å². The zero-order chi connectivity index (χ0) is 21.5. The highest BCUT2D eigenvalue weighted by atomic mass is 16.6. The number of nitrogens with one attached hydrogen (secondary N) is 1. The molecule has 2 aromatic rings. The number of hydrogen-bond donors (Lipinski definition) is 1. The van der Waals surface area contributed by atoms with E-state index in [4.69, 9.17) is 9.47 Å². The Bertz CT molecular complexity index is 867. The molecule has 2 amide bonds. The number of fused-ring (bicyclic) bond motifs is 1. The van der Waals surface area contributed by atoms with Gasteiger partial charge in [-0.25, -0.2) is 0 Å². The molecule has 1 N–H and O–H groups in total. The van der Waals surface area contributed by atoms with Crippen LogP contribution in [0, 0.1) is 0 Å². The number of ether oxygens (including phenoxy) is 2. The first-order chi connectivity index (χ1) is 14.4. The van der Waals surface area contributed by atoms with Gasteiger partial charge in [0.1, 0.15) is 19.3 Å². The van der Waals surface area contributed by atoms with E-state index < -0.39 is 6.04 Å². The van der Waals surface area contributed by atoms with E-state index in [1.807, 2.05) is 62.4 Å². The summed E-state index contributed by atoms with van der Waals surface area (Å²) in [5.74, 6) is 1.26. The topological polar surface area (TPSA) is 67.9 Å². The lowest BCUT2D eigenvalue weighted by Gasteiger charge is -2.29. The van der Waals surface area contributed by atoms with Crippen LogP contribution in [0.3, 0.4) is 0 Å². The highest BCUT2D eigenvalue weighted by molar-refractivity contribution is 5.87. The summed E-state index contributed by atoms with van der Waals surface area (Å²) in [5, 5.41) is 2.91. The smallest absolute Gasteiger partial charge is 0.242 e. The van der Waals surface area contributed by atoms with Gasteiger partial charge in [-0.05, 0) is 50.5 Å². The Hall–Kier alpha value is -3.02. The molecule has 30 heavy (non-hydrogen) atoms. The lowest BCUT2D eigenvalue weighted by atomic mass is 10.1. The molecule has 6 heteroatoms. The number of carbonyl (C=O) groups is 2. The number of carbonyl (C=O) groups excluding carboxylic acids is 2. The standard InChI is InChI=1S/C24H30N2O4/c1-17(2)25-24(28)18(3)26(16-20-7-5-4-6-8-20)23(27)12-10-19-9-11-21-22(15-19)30-14-13-29-21/h4-9,11,15,17-18H,10,12-14,16H2,1-3H3,(H,25,28). The molecule has 0 bridgehead atoms. The van der Waals surface area contributed by atoms with Crippen LogP contribution in [0.25, 0.3) is 0 Å². The predicted molar refractivity (Wildman–Crippen MR) is 115 cm³/mol. The van der Waals surface area contributed by atoms with E-state index in [1.165, 1.54) is 0 Å². The Morgan fingerprint density at radius 2 is 1.67 bits per heavy atom. The van der Waals surface area contributed by atoms with Gasteiger partial charge in [0.2, 0.25) is 11.8 Å². The highest BCUT2D eigenvalue weighted by Crippen LogP contribution is 2.31. The Labute approximate surface area is 178 Å². The SMILES string of the molecule is CC(C)NC(=O)C(C)N(Cc1ccccc1)C(=O)CCc1ccc2c(c1)OCCO2. The summed E-state index contributed by atoms with van der Waals surface area (Å²) in [5.41, 5.74) is 2.00. The second-order valence-corrected chi connectivity index (χ2v) is 7.82.